The molecule has 1 aliphatic carbocycles. The van der Waals surface area contributed by atoms with E-state index in [0.29, 0.717) is 0 Å². The second-order valence-electron chi connectivity index (χ2n) is 15.9. The van der Waals surface area contributed by atoms with Gasteiger partial charge in [0.1, 0.15) is 0 Å². The van der Waals surface area contributed by atoms with Crippen LogP contribution in [-0.2, 0) is 0 Å². The van der Waals surface area contributed by atoms with E-state index in [-0.39, 0.29) is 5.69 Å². The van der Waals surface area contributed by atoms with Gasteiger partial charge in [-0.15, -0.1) is 0 Å². The van der Waals surface area contributed by atoms with Gasteiger partial charge in [-0.2, -0.15) is 0 Å². The Bertz CT molecular complexity index is 3420. The van der Waals surface area contributed by atoms with E-state index in [2.05, 4.69) is 176 Å². The van der Waals surface area contributed by atoms with E-state index >= 15 is 0 Å². The van der Waals surface area contributed by atoms with Crippen molar-refractivity contribution in [2.75, 3.05) is 0 Å². The number of imidazole rings is 1. The average molecular weight is 791 g/mol. The first-order valence-electron chi connectivity index (χ1n) is 21.2. The molecule has 0 N–H and O–H groups in total. The number of hydrogen-bond donors (Lipinski definition) is 0. The Morgan fingerprint density at radius 3 is 1.10 bits per heavy atom. The Morgan fingerprint density at radius 2 is 0.629 bits per heavy atom. The molecule has 62 heavy (non-hydrogen) atoms. The highest BCUT2D eigenvalue weighted by Crippen LogP contribution is 2.61. The maximum atomic E-state index is 14.2. The first kappa shape index (κ1) is 35.7. The van der Waals surface area contributed by atoms with Crippen molar-refractivity contribution >= 4 is 21.8 Å². The average Bonchev–Trinajstić information content (AvgIpc) is 3.84. The van der Waals surface area contributed by atoms with Crippen LogP contribution in [0.2, 0.25) is 0 Å². The molecule has 1 aliphatic rings. The van der Waals surface area contributed by atoms with Gasteiger partial charge in [-0.05, 0) is 125 Å². The van der Waals surface area contributed by atoms with Crippen molar-refractivity contribution in [3.05, 3.63) is 241 Å². The van der Waals surface area contributed by atoms with E-state index in [1.54, 1.807) is 4.57 Å². The summed E-state index contributed by atoms with van der Waals surface area (Å²) >= 11 is 0. The third-order valence-corrected chi connectivity index (χ3v) is 12.5. The maximum absolute atomic E-state index is 14.2. The summed E-state index contributed by atoms with van der Waals surface area (Å²) in [5.74, 6) is 0. The predicted molar refractivity (Wildman–Crippen MR) is 258 cm³/mol. The zero-order valence-corrected chi connectivity index (χ0v) is 33.7. The zero-order chi connectivity index (χ0) is 41.1. The Morgan fingerprint density at radius 1 is 0.258 bits per heavy atom. The van der Waals surface area contributed by atoms with Gasteiger partial charge < -0.3 is 0 Å². The minimum absolute atomic E-state index is 0.0959. The Hall–Kier alpha value is -8.27. The monoisotopic (exact) mass is 790 g/mol. The minimum Gasteiger partial charge on any atom is -0.260 e. The third-order valence-electron chi connectivity index (χ3n) is 12.5. The number of aromatic nitrogens is 2. The van der Waals surface area contributed by atoms with Crippen LogP contribution in [0, 0.1) is 0 Å². The highest BCUT2D eigenvalue weighted by Gasteiger charge is 2.34. The van der Waals surface area contributed by atoms with Crippen LogP contribution in [0.5, 0.6) is 0 Å². The van der Waals surface area contributed by atoms with Crippen LogP contribution in [-0.4, -0.2) is 9.13 Å². The summed E-state index contributed by atoms with van der Waals surface area (Å²) < 4.78 is 3.62. The topological polar surface area (TPSA) is 26.9 Å². The summed E-state index contributed by atoms with van der Waals surface area (Å²) in [7, 11) is 0. The molecule has 0 atom stereocenters. The van der Waals surface area contributed by atoms with Crippen molar-refractivity contribution in [1.82, 2.24) is 9.13 Å². The fourth-order valence-corrected chi connectivity index (χ4v) is 9.95. The fraction of sp³-hybridized carbons (Fsp3) is 0. The molecule has 1 heterocycles. The van der Waals surface area contributed by atoms with Gasteiger partial charge in [-0.25, -0.2) is 4.79 Å². The van der Waals surface area contributed by atoms with E-state index in [1.165, 1.54) is 77.5 Å². The summed E-state index contributed by atoms with van der Waals surface area (Å²) in [4.78, 5) is 14.2. The van der Waals surface area contributed by atoms with Crippen molar-refractivity contribution < 1.29 is 0 Å². The first-order valence-corrected chi connectivity index (χ1v) is 21.2. The lowest BCUT2D eigenvalue weighted by molar-refractivity contribution is 0.931. The maximum Gasteiger partial charge on any atom is 0.338 e. The largest absolute Gasteiger partial charge is 0.338 e. The molecule has 1 aromatic heterocycles. The Labute approximate surface area is 359 Å². The number of para-hydroxylation sites is 3. The summed E-state index contributed by atoms with van der Waals surface area (Å²) in [6.45, 7) is 0. The summed E-state index contributed by atoms with van der Waals surface area (Å²) in [6.07, 6.45) is 0. The molecule has 12 rings (SSSR count). The SMILES string of the molecule is O=c1n(-c2ccccc2)c2ccccc2n1-c1ccc(-c2ccc3c4c(cccc24)-c2c(-c4ccccc4)c(-c4ccccc4)c(-c4ccccc4)c(-c4ccccc4)c2-3)cc1. The van der Waals surface area contributed by atoms with Crippen LogP contribution in [0.1, 0.15) is 0 Å². The van der Waals surface area contributed by atoms with Crippen molar-refractivity contribution in [2.24, 2.45) is 0 Å². The highest BCUT2D eigenvalue weighted by atomic mass is 16.1. The van der Waals surface area contributed by atoms with Gasteiger partial charge >= 0.3 is 5.69 Å². The molecule has 11 aromatic rings. The molecule has 290 valence electrons. The molecule has 0 spiro atoms. The minimum atomic E-state index is -0.0959. The van der Waals surface area contributed by atoms with Gasteiger partial charge in [0.25, 0.3) is 0 Å². The van der Waals surface area contributed by atoms with Crippen molar-refractivity contribution in [2.45, 2.75) is 0 Å². The zero-order valence-electron chi connectivity index (χ0n) is 33.7. The van der Waals surface area contributed by atoms with E-state index in [9.17, 15) is 4.79 Å². The predicted octanol–water partition coefficient (Wildman–Crippen LogP) is 14.9. The van der Waals surface area contributed by atoms with Crippen molar-refractivity contribution in [1.29, 1.82) is 0 Å². The molecular weight excluding hydrogens is 753 g/mol. The number of hydrogen-bond acceptors (Lipinski definition) is 1. The molecule has 0 fully saturated rings. The van der Waals surface area contributed by atoms with Crippen molar-refractivity contribution in [3.8, 4) is 89.3 Å². The van der Waals surface area contributed by atoms with Gasteiger partial charge in [0.15, 0.2) is 0 Å². The summed E-state index contributed by atoms with van der Waals surface area (Å²) in [6, 6.07) is 81.5. The van der Waals surface area contributed by atoms with Crippen LogP contribution >= 0.6 is 0 Å². The normalized spacial score (nSPS) is 11.6. The molecule has 0 unspecified atom stereocenters. The number of rotatable bonds is 7. The van der Waals surface area contributed by atoms with Crippen LogP contribution in [0.3, 0.4) is 0 Å². The lowest BCUT2D eigenvalue weighted by Gasteiger charge is -2.26. The summed E-state index contributed by atoms with van der Waals surface area (Å²) in [5, 5.41) is 2.45. The second kappa shape index (κ2) is 14.5. The first-order chi connectivity index (χ1) is 30.7. The third kappa shape index (κ3) is 5.49. The van der Waals surface area contributed by atoms with Crippen LogP contribution in [0.25, 0.3) is 111 Å². The second-order valence-corrected chi connectivity index (χ2v) is 15.9. The molecule has 0 bridgehead atoms. The quantitative estimate of drug-likeness (QED) is 0.158. The molecule has 3 heteroatoms. The smallest absolute Gasteiger partial charge is 0.260 e. The van der Waals surface area contributed by atoms with Gasteiger partial charge in [0.2, 0.25) is 0 Å². The number of nitrogens with zero attached hydrogens (tertiary/aromatic N) is 2. The molecular formula is C59H38N2O. The van der Waals surface area contributed by atoms with Gasteiger partial charge in [0.05, 0.1) is 22.4 Å². The highest BCUT2D eigenvalue weighted by molar-refractivity contribution is 6.27. The van der Waals surface area contributed by atoms with Crippen LogP contribution < -0.4 is 5.69 Å². The van der Waals surface area contributed by atoms with Crippen LogP contribution in [0.4, 0.5) is 0 Å². The van der Waals surface area contributed by atoms with E-state index in [1.807, 2.05) is 59.2 Å². The Kier molecular flexibility index (Phi) is 8.32. The molecule has 10 aromatic carbocycles. The van der Waals surface area contributed by atoms with Crippen LogP contribution in [0.15, 0.2) is 235 Å². The van der Waals surface area contributed by atoms with E-state index in [0.717, 1.165) is 33.5 Å². The molecule has 0 saturated heterocycles. The number of fused-ring (bicyclic) bond motifs is 4. The van der Waals surface area contributed by atoms with Crippen molar-refractivity contribution in [3.63, 3.8) is 0 Å². The molecule has 0 saturated carbocycles. The lowest BCUT2D eigenvalue weighted by Crippen LogP contribution is -2.22. The summed E-state index contributed by atoms with van der Waals surface area (Å²) in [5.41, 5.74) is 20.2. The number of benzene rings is 10. The molecule has 0 radical (unpaired) electrons. The Balaban J connectivity index is 1.11. The van der Waals surface area contributed by atoms with Gasteiger partial charge in [-0.1, -0.05) is 194 Å². The van der Waals surface area contributed by atoms with Gasteiger partial charge in [0, 0.05) is 0 Å². The lowest BCUT2D eigenvalue weighted by atomic mass is 9.76. The molecule has 3 nitrogen and oxygen atoms in total. The van der Waals surface area contributed by atoms with Gasteiger partial charge in [-0.3, -0.25) is 9.13 Å². The molecule has 0 amide bonds. The standard InChI is InChI=1S/C59H38N2O/c62-59-60(44-27-14-5-15-28-44)50-31-16-17-32-51(50)61(59)45-35-33-39(34-36-45)46-37-38-49-56-47(46)29-18-30-48(56)57-54(42-23-10-3-11-24-42)52(40-19-6-1-7-20-40)53(41-21-8-2-9-22-41)55(58(49)57)43-25-12-4-13-26-43/h1-38H. The molecule has 0 aliphatic heterocycles. The fourth-order valence-electron chi connectivity index (χ4n) is 9.95. The van der Waals surface area contributed by atoms with E-state index < -0.39 is 0 Å². The van der Waals surface area contributed by atoms with E-state index in [4.69, 9.17) is 0 Å².